The molecule has 0 amide bonds. The number of rotatable bonds is 7. The van der Waals surface area contributed by atoms with Gasteiger partial charge in [0.2, 0.25) is 0 Å². The van der Waals surface area contributed by atoms with Crippen molar-refractivity contribution >= 4 is 22.9 Å². The Morgan fingerprint density at radius 2 is 1.95 bits per heavy atom. The minimum absolute atomic E-state index is 0.133. The van der Waals surface area contributed by atoms with Gasteiger partial charge < -0.3 is 24.6 Å². The monoisotopic (exact) mass is 512 g/mol. The molecule has 2 aromatic carbocycles. The topological polar surface area (TPSA) is 49.9 Å². The van der Waals surface area contributed by atoms with Gasteiger partial charge in [-0.3, -0.25) is 0 Å². The summed E-state index contributed by atoms with van der Waals surface area (Å²) in [6.45, 7) is 6.40. The second-order valence-corrected chi connectivity index (χ2v) is 9.57. The molecule has 1 N–H and O–H groups in total. The number of hydrogen-bond acceptors (Lipinski definition) is 6. The van der Waals surface area contributed by atoms with Gasteiger partial charge in [0.25, 0.3) is 0 Å². The highest BCUT2D eigenvalue weighted by Crippen LogP contribution is 2.40. The second kappa shape index (κ2) is 10.5. The zero-order valence-electron chi connectivity index (χ0n) is 21.2. The van der Waals surface area contributed by atoms with Crippen LogP contribution in [-0.4, -0.2) is 50.5 Å². The molecule has 2 aliphatic heterocycles. The molecule has 37 heavy (non-hydrogen) atoms. The number of nitrogens with one attached hydrogen (secondary N) is 1. The third-order valence-electron chi connectivity index (χ3n) is 7.25. The summed E-state index contributed by atoms with van der Waals surface area (Å²) in [7, 11) is 1.85. The normalized spacial score (nSPS) is 17.8. The Labute approximate surface area is 215 Å². The first-order valence-corrected chi connectivity index (χ1v) is 12.6. The summed E-state index contributed by atoms with van der Waals surface area (Å²) in [5.74, 6) is -1.01. The molecule has 1 aromatic heterocycles. The van der Waals surface area contributed by atoms with Crippen LogP contribution in [0.25, 0.3) is 11.1 Å². The largest absolute Gasteiger partial charge is 0.486 e. The highest BCUT2D eigenvalue weighted by molar-refractivity contribution is 5.76. The Morgan fingerprint density at radius 1 is 1.11 bits per heavy atom. The molecule has 196 valence electrons. The summed E-state index contributed by atoms with van der Waals surface area (Å²) in [5, 5.41) is 3.04. The lowest BCUT2D eigenvalue weighted by Gasteiger charge is -2.36. The van der Waals surface area contributed by atoms with Gasteiger partial charge in [0.1, 0.15) is 24.1 Å². The molecule has 9 heteroatoms. The van der Waals surface area contributed by atoms with Crippen molar-refractivity contribution in [2.75, 3.05) is 48.5 Å². The van der Waals surface area contributed by atoms with Gasteiger partial charge in [0.05, 0.1) is 36.8 Å². The Hall–Kier alpha value is -3.46. The van der Waals surface area contributed by atoms with E-state index in [9.17, 15) is 8.78 Å². The molecule has 5 rings (SSSR count). The maximum Gasteiger partial charge on any atom is 0.178 e. The number of likely N-dealkylation sites (N-methyl/N-ethyl adjacent to an activating group) is 1. The summed E-state index contributed by atoms with van der Waals surface area (Å²) < 4.78 is 55.9. The van der Waals surface area contributed by atoms with E-state index in [0.717, 1.165) is 19.0 Å². The molecule has 1 saturated heterocycles. The van der Waals surface area contributed by atoms with Crippen LogP contribution in [0.5, 0.6) is 5.75 Å². The van der Waals surface area contributed by atoms with Crippen LogP contribution in [0.1, 0.15) is 26.7 Å². The molecule has 2 unspecified atom stereocenters. The van der Waals surface area contributed by atoms with Crippen LogP contribution in [0.3, 0.4) is 0 Å². The third kappa shape index (κ3) is 5.05. The first-order valence-electron chi connectivity index (χ1n) is 12.6. The predicted molar refractivity (Wildman–Crippen MR) is 139 cm³/mol. The van der Waals surface area contributed by atoms with E-state index in [0.29, 0.717) is 54.8 Å². The van der Waals surface area contributed by atoms with E-state index in [1.54, 1.807) is 18.2 Å². The van der Waals surface area contributed by atoms with E-state index in [2.05, 4.69) is 29.0 Å². The fraction of sp³-hybridized carbons (Fsp3) is 0.393. The molecule has 0 saturated carbocycles. The van der Waals surface area contributed by atoms with Gasteiger partial charge in [-0.05, 0) is 61.7 Å². The van der Waals surface area contributed by atoms with Crippen LogP contribution in [0, 0.1) is 17.5 Å². The van der Waals surface area contributed by atoms with E-state index < -0.39 is 11.6 Å². The Kier molecular flexibility index (Phi) is 7.15. The number of pyridine rings is 1. The minimum atomic E-state index is -0.585. The number of halogens is 3. The highest BCUT2D eigenvalue weighted by atomic mass is 19.1. The molecule has 0 aliphatic carbocycles. The molecule has 0 bridgehead atoms. The number of hydrogen-bond donors (Lipinski definition) is 1. The van der Waals surface area contributed by atoms with E-state index >= 15 is 4.39 Å². The summed E-state index contributed by atoms with van der Waals surface area (Å²) in [4.78, 5) is 8.08. The first kappa shape index (κ1) is 25.2. The highest BCUT2D eigenvalue weighted by Gasteiger charge is 2.26. The smallest absolute Gasteiger partial charge is 0.178 e. The Bertz CT molecular complexity index is 1280. The van der Waals surface area contributed by atoms with Gasteiger partial charge in [0, 0.05) is 30.9 Å². The molecule has 1 fully saturated rings. The van der Waals surface area contributed by atoms with Crippen molar-refractivity contribution in [3.63, 3.8) is 0 Å². The van der Waals surface area contributed by atoms with Crippen LogP contribution < -0.4 is 19.9 Å². The molecule has 6 nitrogen and oxygen atoms in total. The summed E-state index contributed by atoms with van der Waals surface area (Å²) in [5.41, 5.74) is 2.12. The van der Waals surface area contributed by atoms with Crippen molar-refractivity contribution < 1.29 is 22.6 Å². The van der Waals surface area contributed by atoms with Gasteiger partial charge >= 0.3 is 0 Å². The van der Waals surface area contributed by atoms with E-state index in [-0.39, 0.29) is 29.2 Å². The molecular formula is C28H31F3N4O2. The molecular weight excluding hydrogens is 481 g/mol. The SMILES string of the molecule is CCC(C)N1CCOc2c(F)cc(-c3cc(Nc4ccc(N(C)C5CCOC5)c(F)c4)ncc3F)cc21. The van der Waals surface area contributed by atoms with Gasteiger partial charge in [-0.2, -0.15) is 0 Å². The van der Waals surface area contributed by atoms with Crippen molar-refractivity contribution in [1.82, 2.24) is 4.98 Å². The average Bonchev–Trinajstić information content (AvgIpc) is 3.44. The van der Waals surface area contributed by atoms with E-state index in [1.807, 2.05) is 11.9 Å². The van der Waals surface area contributed by atoms with Crippen LogP contribution in [0.2, 0.25) is 0 Å². The minimum Gasteiger partial charge on any atom is -0.486 e. The fourth-order valence-electron chi connectivity index (χ4n) is 4.91. The van der Waals surface area contributed by atoms with Crippen molar-refractivity contribution in [2.45, 2.75) is 38.8 Å². The third-order valence-corrected chi connectivity index (χ3v) is 7.25. The van der Waals surface area contributed by atoms with Crippen molar-refractivity contribution in [2.24, 2.45) is 0 Å². The van der Waals surface area contributed by atoms with Crippen molar-refractivity contribution in [3.8, 4) is 16.9 Å². The van der Waals surface area contributed by atoms with Crippen molar-refractivity contribution in [1.29, 1.82) is 0 Å². The number of benzene rings is 2. The number of fused-ring (bicyclic) bond motifs is 1. The lowest BCUT2D eigenvalue weighted by Crippen LogP contribution is -2.39. The fourth-order valence-corrected chi connectivity index (χ4v) is 4.91. The number of ether oxygens (including phenoxy) is 2. The van der Waals surface area contributed by atoms with Crippen LogP contribution in [0.15, 0.2) is 42.6 Å². The summed E-state index contributed by atoms with van der Waals surface area (Å²) >= 11 is 0. The molecule has 3 heterocycles. The van der Waals surface area contributed by atoms with Gasteiger partial charge in [-0.25, -0.2) is 18.2 Å². The molecule has 0 spiro atoms. The molecule has 2 aliphatic rings. The van der Waals surface area contributed by atoms with Crippen LogP contribution in [0.4, 0.5) is 36.1 Å². The van der Waals surface area contributed by atoms with E-state index in [4.69, 9.17) is 9.47 Å². The number of nitrogens with zero attached hydrogens (tertiary/aromatic N) is 3. The maximum absolute atomic E-state index is 15.0. The maximum atomic E-state index is 15.0. The molecule has 2 atom stereocenters. The lowest BCUT2D eigenvalue weighted by molar-refractivity contribution is 0.193. The average molecular weight is 513 g/mol. The standard InChI is InChI=1S/C28H31F3N4O2/c1-4-17(2)35-8-10-37-28-23(30)11-18(12-26(28)35)21-14-27(32-15-24(21)31)33-19-5-6-25(22(29)13-19)34(3)20-7-9-36-16-20/h5-6,11-15,17,20H,4,7-10,16H2,1-3H3,(H,32,33). The zero-order valence-corrected chi connectivity index (χ0v) is 21.2. The number of anilines is 4. The van der Waals surface area contributed by atoms with Gasteiger partial charge in [0.15, 0.2) is 11.6 Å². The van der Waals surface area contributed by atoms with Crippen molar-refractivity contribution in [3.05, 3.63) is 60.0 Å². The van der Waals surface area contributed by atoms with Crippen LogP contribution >= 0.6 is 0 Å². The summed E-state index contributed by atoms with van der Waals surface area (Å²) in [6, 6.07) is 9.66. The Morgan fingerprint density at radius 3 is 2.68 bits per heavy atom. The Balaban J connectivity index is 1.42. The summed E-state index contributed by atoms with van der Waals surface area (Å²) in [6.07, 6.45) is 2.81. The van der Waals surface area contributed by atoms with Gasteiger partial charge in [-0.1, -0.05) is 6.92 Å². The second-order valence-electron chi connectivity index (χ2n) is 9.57. The predicted octanol–water partition coefficient (Wildman–Crippen LogP) is 6.13. The van der Waals surface area contributed by atoms with E-state index in [1.165, 1.54) is 18.2 Å². The quantitative estimate of drug-likeness (QED) is 0.411. The zero-order chi connectivity index (χ0) is 26.1. The van der Waals surface area contributed by atoms with Crippen LogP contribution in [-0.2, 0) is 4.74 Å². The molecule has 3 aromatic rings. The molecule has 0 radical (unpaired) electrons. The lowest BCUT2D eigenvalue weighted by atomic mass is 10.0. The number of aromatic nitrogens is 1. The first-order chi connectivity index (χ1) is 17.9. The van der Waals surface area contributed by atoms with Gasteiger partial charge in [-0.15, -0.1) is 0 Å².